The lowest BCUT2D eigenvalue weighted by atomic mass is 10.1. The van der Waals surface area contributed by atoms with Crippen molar-refractivity contribution in [1.29, 1.82) is 0 Å². The Bertz CT molecular complexity index is 564. The van der Waals surface area contributed by atoms with Crippen LogP contribution in [0.5, 0.6) is 0 Å². The number of hydrogen-bond donors (Lipinski definition) is 1. The fourth-order valence-electron chi connectivity index (χ4n) is 2.42. The van der Waals surface area contributed by atoms with E-state index < -0.39 is 0 Å². The Morgan fingerprint density at radius 2 is 2.15 bits per heavy atom. The number of aromatic nitrogens is 2. The third kappa shape index (κ3) is 3.28. The summed E-state index contributed by atoms with van der Waals surface area (Å²) >= 11 is 5.00. The van der Waals surface area contributed by atoms with Gasteiger partial charge in [-0.2, -0.15) is 4.98 Å². The first-order valence-electron chi connectivity index (χ1n) is 6.79. The van der Waals surface area contributed by atoms with Gasteiger partial charge in [0.1, 0.15) is 0 Å². The van der Waals surface area contributed by atoms with Crippen molar-refractivity contribution in [2.75, 3.05) is 19.6 Å². The van der Waals surface area contributed by atoms with Crippen molar-refractivity contribution in [2.24, 2.45) is 5.73 Å². The van der Waals surface area contributed by atoms with Crippen LogP contribution in [-0.2, 0) is 0 Å². The molecular formula is C13H17BrN4OS. The quantitative estimate of drug-likeness (QED) is 0.911. The van der Waals surface area contributed by atoms with Crippen LogP contribution in [0.15, 0.2) is 20.4 Å². The molecule has 0 aliphatic carbocycles. The highest BCUT2D eigenvalue weighted by Crippen LogP contribution is 2.30. The van der Waals surface area contributed by atoms with E-state index in [-0.39, 0.29) is 6.04 Å². The molecule has 0 bridgehead atoms. The fourth-order valence-corrected chi connectivity index (χ4v) is 3.72. The summed E-state index contributed by atoms with van der Waals surface area (Å²) in [5.41, 5.74) is 6.19. The zero-order valence-electron chi connectivity index (χ0n) is 11.1. The van der Waals surface area contributed by atoms with E-state index in [0.717, 1.165) is 28.3 Å². The maximum atomic E-state index is 6.19. The smallest absolute Gasteiger partial charge is 0.268 e. The monoisotopic (exact) mass is 356 g/mol. The van der Waals surface area contributed by atoms with E-state index in [1.54, 1.807) is 11.3 Å². The Balaban J connectivity index is 1.66. The van der Waals surface area contributed by atoms with Crippen molar-refractivity contribution in [3.63, 3.8) is 0 Å². The van der Waals surface area contributed by atoms with Crippen LogP contribution in [0.25, 0.3) is 10.8 Å². The second-order valence-corrected chi connectivity index (χ2v) is 7.49. The molecule has 2 N–H and O–H groups in total. The molecule has 0 amide bonds. The number of thiophene rings is 1. The normalized spacial score (nSPS) is 18.3. The molecule has 3 heterocycles. The fraction of sp³-hybridized carbons (Fsp3) is 0.538. The summed E-state index contributed by atoms with van der Waals surface area (Å²) in [7, 11) is 0. The van der Waals surface area contributed by atoms with E-state index in [1.165, 1.54) is 19.3 Å². The van der Waals surface area contributed by atoms with E-state index in [9.17, 15) is 0 Å². The predicted octanol–water partition coefficient (Wildman–Crippen LogP) is 3.05. The second kappa shape index (κ2) is 6.34. The molecule has 7 heteroatoms. The molecule has 0 spiro atoms. The van der Waals surface area contributed by atoms with Crippen LogP contribution >= 0.6 is 27.3 Å². The van der Waals surface area contributed by atoms with Crippen LogP contribution in [0.4, 0.5) is 0 Å². The summed E-state index contributed by atoms with van der Waals surface area (Å²) in [6, 6.07) is 3.74. The minimum Gasteiger partial charge on any atom is -0.333 e. The summed E-state index contributed by atoms with van der Waals surface area (Å²) in [6.45, 7) is 3.04. The molecule has 0 radical (unpaired) electrons. The molecule has 1 fully saturated rings. The molecule has 3 rings (SSSR count). The lowest BCUT2D eigenvalue weighted by Crippen LogP contribution is -2.36. The molecule has 2 aromatic rings. The van der Waals surface area contributed by atoms with Crippen molar-refractivity contribution in [3.8, 4) is 10.8 Å². The van der Waals surface area contributed by atoms with Gasteiger partial charge in [-0.25, -0.2) is 0 Å². The van der Waals surface area contributed by atoms with E-state index in [1.807, 2.05) is 12.1 Å². The third-order valence-corrected chi connectivity index (χ3v) is 5.07. The number of likely N-dealkylation sites (tertiary alicyclic amines) is 1. The third-order valence-electron chi connectivity index (χ3n) is 3.46. The van der Waals surface area contributed by atoms with Crippen LogP contribution in [-0.4, -0.2) is 34.7 Å². The SMILES string of the molecule is NC(CN1CCCCC1)c1noc(-c2ccc(Br)s2)n1. The van der Waals surface area contributed by atoms with E-state index in [4.69, 9.17) is 10.3 Å². The molecule has 1 aliphatic rings. The van der Waals surface area contributed by atoms with Gasteiger partial charge in [0, 0.05) is 6.54 Å². The van der Waals surface area contributed by atoms with Crippen LogP contribution in [0, 0.1) is 0 Å². The largest absolute Gasteiger partial charge is 0.333 e. The maximum absolute atomic E-state index is 6.19. The molecule has 1 atom stereocenters. The summed E-state index contributed by atoms with van der Waals surface area (Å²) in [5.74, 6) is 1.14. The summed E-state index contributed by atoms with van der Waals surface area (Å²) < 4.78 is 6.35. The molecule has 0 aromatic carbocycles. The minimum atomic E-state index is -0.186. The van der Waals surface area contributed by atoms with Gasteiger partial charge in [0.25, 0.3) is 5.89 Å². The van der Waals surface area contributed by atoms with Gasteiger partial charge in [-0.1, -0.05) is 11.6 Å². The Kier molecular flexibility index (Phi) is 4.50. The Hall–Kier alpha value is -0.760. The summed E-state index contributed by atoms with van der Waals surface area (Å²) in [6.07, 6.45) is 3.84. The highest BCUT2D eigenvalue weighted by atomic mass is 79.9. The molecule has 108 valence electrons. The molecule has 2 aromatic heterocycles. The highest BCUT2D eigenvalue weighted by Gasteiger charge is 2.20. The molecule has 5 nitrogen and oxygen atoms in total. The molecule has 20 heavy (non-hydrogen) atoms. The molecular weight excluding hydrogens is 340 g/mol. The Labute approximate surface area is 130 Å². The van der Waals surface area contributed by atoms with Crippen LogP contribution in [0.1, 0.15) is 31.1 Å². The zero-order valence-corrected chi connectivity index (χ0v) is 13.5. The highest BCUT2D eigenvalue weighted by molar-refractivity contribution is 9.11. The second-order valence-electron chi connectivity index (χ2n) is 5.03. The van der Waals surface area contributed by atoms with E-state index in [0.29, 0.717) is 11.7 Å². The van der Waals surface area contributed by atoms with Gasteiger partial charge in [0.05, 0.1) is 14.7 Å². The molecule has 1 aliphatic heterocycles. The first-order valence-corrected chi connectivity index (χ1v) is 8.40. The van der Waals surface area contributed by atoms with E-state index in [2.05, 4.69) is 31.0 Å². The predicted molar refractivity (Wildman–Crippen MR) is 82.5 cm³/mol. The first kappa shape index (κ1) is 14.2. The van der Waals surface area contributed by atoms with Crippen LogP contribution < -0.4 is 5.73 Å². The molecule has 1 unspecified atom stereocenters. The number of nitrogens with two attached hydrogens (primary N) is 1. The zero-order chi connectivity index (χ0) is 13.9. The van der Waals surface area contributed by atoms with E-state index >= 15 is 0 Å². The van der Waals surface area contributed by atoms with Crippen molar-refractivity contribution < 1.29 is 4.52 Å². The van der Waals surface area contributed by atoms with Crippen molar-refractivity contribution in [3.05, 3.63) is 21.7 Å². The van der Waals surface area contributed by atoms with Gasteiger partial charge in [0.2, 0.25) is 0 Å². The number of rotatable bonds is 4. The van der Waals surface area contributed by atoms with Crippen LogP contribution in [0.3, 0.4) is 0 Å². The van der Waals surface area contributed by atoms with Gasteiger partial charge in [-0.15, -0.1) is 11.3 Å². The number of piperidine rings is 1. The van der Waals surface area contributed by atoms with Crippen molar-refractivity contribution in [1.82, 2.24) is 15.0 Å². The molecule has 1 saturated heterocycles. The van der Waals surface area contributed by atoms with Gasteiger partial charge >= 0.3 is 0 Å². The Morgan fingerprint density at radius 1 is 1.35 bits per heavy atom. The van der Waals surface area contributed by atoms with Gasteiger partial charge in [-0.3, -0.25) is 0 Å². The standard InChI is InChI=1S/C13H17BrN4OS/c14-11-5-4-10(20-11)13-16-12(17-19-13)9(15)8-18-6-2-1-3-7-18/h4-5,9H,1-3,6-8,15H2. The first-order chi connectivity index (χ1) is 9.72. The summed E-state index contributed by atoms with van der Waals surface area (Å²) in [4.78, 5) is 7.76. The number of nitrogens with zero attached hydrogens (tertiary/aromatic N) is 3. The van der Waals surface area contributed by atoms with Gasteiger partial charge in [-0.05, 0) is 54.0 Å². The number of halogens is 1. The van der Waals surface area contributed by atoms with Crippen molar-refractivity contribution in [2.45, 2.75) is 25.3 Å². The lowest BCUT2D eigenvalue weighted by molar-refractivity contribution is 0.213. The Morgan fingerprint density at radius 3 is 2.85 bits per heavy atom. The average molecular weight is 357 g/mol. The number of hydrogen-bond acceptors (Lipinski definition) is 6. The molecule has 0 saturated carbocycles. The van der Waals surface area contributed by atoms with Gasteiger partial charge < -0.3 is 15.2 Å². The van der Waals surface area contributed by atoms with Crippen LogP contribution in [0.2, 0.25) is 0 Å². The van der Waals surface area contributed by atoms with Gasteiger partial charge in [0.15, 0.2) is 5.82 Å². The maximum Gasteiger partial charge on any atom is 0.268 e. The lowest BCUT2D eigenvalue weighted by Gasteiger charge is -2.27. The topological polar surface area (TPSA) is 68.2 Å². The summed E-state index contributed by atoms with van der Waals surface area (Å²) in [5, 5.41) is 4.02. The van der Waals surface area contributed by atoms with Crippen molar-refractivity contribution >= 4 is 27.3 Å². The average Bonchev–Trinajstić information content (AvgIpc) is 3.08. The minimum absolute atomic E-state index is 0.186.